The Morgan fingerprint density at radius 3 is 2.65 bits per heavy atom. The Morgan fingerprint density at radius 2 is 2.05 bits per heavy atom. The van der Waals surface area contributed by atoms with Crippen molar-refractivity contribution in [2.24, 2.45) is 5.73 Å². The monoisotopic (exact) mass is 357 g/mol. The molecule has 0 radical (unpaired) electrons. The maximum absolute atomic E-state index is 13.2. The molecule has 1 amide bonds. The summed E-state index contributed by atoms with van der Waals surface area (Å²) in [6.07, 6.45) is 0. The fraction of sp³-hybridized carbons (Fsp3) is 0.0714. The Bertz CT molecular complexity index is 643. The van der Waals surface area contributed by atoms with Crippen LogP contribution in [0.1, 0.15) is 15.9 Å². The van der Waals surface area contributed by atoms with Gasteiger partial charge in [0.25, 0.3) is 0 Å². The number of amides is 1. The van der Waals surface area contributed by atoms with E-state index in [-0.39, 0.29) is 6.61 Å². The average molecular weight is 359 g/mol. The summed E-state index contributed by atoms with van der Waals surface area (Å²) in [4.78, 5) is 11.0. The standard InChI is InChI=1S/C14H10BrClFNO2/c15-10-4-11(17)6-12(5-10)20-7-9-2-1-8(14(18)19)3-13(9)16/h1-6H,7H2,(H2,18,19). The van der Waals surface area contributed by atoms with Gasteiger partial charge in [-0.25, -0.2) is 4.39 Å². The van der Waals surface area contributed by atoms with E-state index in [1.54, 1.807) is 18.2 Å². The zero-order valence-corrected chi connectivity index (χ0v) is 12.5. The summed E-state index contributed by atoms with van der Waals surface area (Å²) in [5, 5.41) is 0.372. The van der Waals surface area contributed by atoms with Crippen molar-refractivity contribution in [3.05, 3.63) is 62.8 Å². The predicted octanol–water partition coefficient (Wildman–Crippen LogP) is 3.92. The quantitative estimate of drug-likeness (QED) is 0.900. The van der Waals surface area contributed by atoms with Gasteiger partial charge in [0.2, 0.25) is 5.91 Å². The molecule has 0 saturated carbocycles. The van der Waals surface area contributed by atoms with Gasteiger partial charge in [-0.15, -0.1) is 0 Å². The van der Waals surface area contributed by atoms with Crippen molar-refractivity contribution in [3.63, 3.8) is 0 Å². The molecule has 0 saturated heterocycles. The highest BCUT2D eigenvalue weighted by Crippen LogP contribution is 2.23. The zero-order chi connectivity index (χ0) is 14.7. The largest absolute Gasteiger partial charge is 0.489 e. The third kappa shape index (κ3) is 3.71. The summed E-state index contributed by atoms with van der Waals surface area (Å²) in [5.41, 5.74) is 6.16. The first kappa shape index (κ1) is 14.8. The van der Waals surface area contributed by atoms with Crippen LogP contribution in [0.3, 0.4) is 0 Å². The molecule has 0 atom stereocenters. The summed E-state index contributed by atoms with van der Waals surface area (Å²) in [6, 6.07) is 8.95. The first-order chi connectivity index (χ1) is 9.45. The summed E-state index contributed by atoms with van der Waals surface area (Å²) >= 11 is 9.21. The molecule has 104 valence electrons. The molecule has 2 aromatic rings. The normalized spacial score (nSPS) is 10.3. The molecule has 0 heterocycles. The van der Waals surface area contributed by atoms with E-state index in [0.29, 0.717) is 26.4 Å². The molecule has 3 nitrogen and oxygen atoms in total. The minimum atomic E-state index is -0.548. The SMILES string of the molecule is NC(=O)c1ccc(COc2cc(F)cc(Br)c2)c(Cl)c1. The molecule has 0 unspecified atom stereocenters. The Morgan fingerprint density at radius 1 is 1.30 bits per heavy atom. The first-order valence-corrected chi connectivity index (χ1v) is 6.80. The lowest BCUT2D eigenvalue weighted by Crippen LogP contribution is -2.11. The van der Waals surface area contributed by atoms with Gasteiger partial charge in [-0.2, -0.15) is 0 Å². The third-order valence-corrected chi connectivity index (χ3v) is 3.38. The molecular formula is C14H10BrClFNO2. The molecule has 0 bridgehead atoms. The van der Waals surface area contributed by atoms with Gasteiger partial charge in [-0.1, -0.05) is 33.6 Å². The summed E-state index contributed by atoms with van der Waals surface area (Å²) < 4.78 is 19.2. The maximum atomic E-state index is 13.2. The van der Waals surface area contributed by atoms with Crippen molar-refractivity contribution >= 4 is 33.4 Å². The van der Waals surface area contributed by atoms with Gasteiger partial charge in [-0.3, -0.25) is 4.79 Å². The number of hydrogen-bond acceptors (Lipinski definition) is 2. The number of primary amides is 1. The van der Waals surface area contributed by atoms with E-state index >= 15 is 0 Å². The van der Waals surface area contributed by atoms with Crippen LogP contribution in [-0.2, 0) is 6.61 Å². The third-order valence-electron chi connectivity index (χ3n) is 2.57. The number of ether oxygens (including phenoxy) is 1. The minimum Gasteiger partial charge on any atom is -0.489 e. The lowest BCUT2D eigenvalue weighted by atomic mass is 10.1. The van der Waals surface area contributed by atoms with Crippen LogP contribution in [0.2, 0.25) is 5.02 Å². The molecule has 0 aliphatic heterocycles. The van der Waals surface area contributed by atoms with Crippen molar-refractivity contribution in [1.82, 2.24) is 0 Å². The van der Waals surface area contributed by atoms with Gasteiger partial charge in [0, 0.05) is 26.7 Å². The molecule has 0 fully saturated rings. The van der Waals surface area contributed by atoms with Crippen LogP contribution in [0.25, 0.3) is 0 Å². The Labute approximate surface area is 128 Å². The average Bonchev–Trinajstić information content (AvgIpc) is 2.36. The van der Waals surface area contributed by atoms with E-state index in [1.807, 2.05) is 0 Å². The molecule has 6 heteroatoms. The number of benzene rings is 2. The van der Waals surface area contributed by atoms with E-state index in [1.165, 1.54) is 18.2 Å². The number of rotatable bonds is 4. The second kappa shape index (κ2) is 6.24. The molecule has 2 rings (SSSR count). The van der Waals surface area contributed by atoms with E-state index in [2.05, 4.69) is 15.9 Å². The molecular weight excluding hydrogens is 349 g/mol. The van der Waals surface area contributed by atoms with Crippen molar-refractivity contribution in [2.75, 3.05) is 0 Å². The molecule has 0 aromatic heterocycles. The highest BCUT2D eigenvalue weighted by atomic mass is 79.9. The topological polar surface area (TPSA) is 52.3 Å². The smallest absolute Gasteiger partial charge is 0.248 e. The molecule has 0 aliphatic carbocycles. The van der Waals surface area contributed by atoms with Crippen molar-refractivity contribution < 1.29 is 13.9 Å². The van der Waals surface area contributed by atoms with Crippen LogP contribution in [0.15, 0.2) is 40.9 Å². The van der Waals surface area contributed by atoms with E-state index < -0.39 is 11.7 Å². The number of carbonyl (C=O) groups excluding carboxylic acids is 1. The van der Waals surface area contributed by atoms with E-state index in [4.69, 9.17) is 22.1 Å². The highest BCUT2D eigenvalue weighted by Gasteiger charge is 2.07. The van der Waals surface area contributed by atoms with Gasteiger partial charge in [0.15, 0.2) is 0 Å². The molecule has 20 heavy (non-hydrogen) atoms. The van der Waals surface area contributed by atoms with Crippen LogP contribution in [-0.4, -0.2) is 5.91 Å². The van der Waals surface area contributed by atoms with Gasteiger partial charge in [-0.05, 0) is 24.3 Å². The fourth-order valence-corrected chi connectivity index (χ4v) is 2.27. The lowest BCUT2D eigenvalue weighted by molar-refractivity contribution is 0.1000. The number of carbonyl (C=O) groups is 1. The van der Waals surface area contributed by atoms with Crippen LogP contribution < -0.4 is 10.5 Å². The van der Waals surface area contributed by atoms with Gasteiger partial charge in [0.05, 0.1) is 0 Å². The highest BCUT2D eigenvalue weighted by molar-refractivity contribution is 9.10. The number of halogens is 3. The number of nitrogens with two attached hydrogens (primary N) is 1. The summed E-state index contributed by atoms with van der Waals surface area (Å²) in [7, 11) is 0. The molecule has 2 aromatic carbocycles. The van der Waals surface area contributed by atoms with E-state index in [0.717, 1.165) is 0 Å². The molecule has 2 N–H and O–H groups in total. The Hall–Kier alpha value is -1.59. The maximum Gasteiger partial charge on any atom is 0.248 e. The second-order valence-electron chi connectivity index (χ2n) is 4.06. The van der Waals surface area contributed by atoms with Gasteiger partial charge in [0.1, 0.15) is 18.2 Å². The Balaban J connectivity index is 2.12. The fourth-order valence-electron chi connectivity index (χ4n) is 1.59. The van der Waals surface area contributed by atoms with E-state index in [9.17, 15) is 9.18 Å². The number of hydrogen-bond donors (Lipinski definition) is 1. The van der Waals surface area contributed by atoms with Crippen LogP contribution >= 0.6 is 27.5 Å². The lowest BCUT2D eigenvalue weighted by Gasteiger charge is -2.09. The first-order valence-electron chi connectivity index (χ1n) is 5.63. The van der Waals surface area contributed by atoms with Crippen molar-refractivity contribution in [2.45, 2.75) is 6.61 Å². The molecule has 0 spiro atoms. The van der Waals surface area contributed by atoms with Crippen molar-refractivity contribution in [3.8, 4) is 5.75 Å². The predicted molar refractivity (Wildman–Crippen MR) is 78.4 cm³/mol. The summed E-state index contributed by atoms with van der Waals surface area (Å²) in [5.74, 6) is -0.565. The minimum absolute atomic E-state index is 0.160. The second-order valence-corrected chi connectivity index (χ2v) is 5.39. The van der Waals surface area contributed by atoms with Gasteiger partial charge >= 0.3 is 0 Å². The summed E-state index contributed by atoms with van der Waals surface area (Å²) in [6.45, 7) is 0.160. The van der Waals surface area contributed by atoms with Crippen LogP contribution in [0.4, 0.5) is 4.39 Å². The van der Waals surface area contributed by atoms with Gasteiger partial charge < -0.3 is 10.5 Å². The van der Waals surface area contributed by atoms with Crippen LogP contribution in [0, 0.1) is 5.82 Å². The Kier molecular flexibility index (Phi) is 4.62. The molecule has 0 aliphatic rings. The van der Waals surface area contributed by atoms with Crippen LogP contribution in [0.5, 0.6) is 5.75 Å². The zero-order valence-electron chi connectivity index (χ0n) is 10.2. The van der Waals surface area contributed by atoms with Crippen molar-refractivity contribution in [1.29, 1.82) is 0 Å².